The maximum atomic E-state index is 12.7. The third-order valence-electron chi connectivity index (χ3n) is 14.8. The molecule has 0 radical (unpaired) electrons. The summed E-state index contributed by atoms with van der Waals surface area (Å²) < 4.78 is 119. The van der Waals surface area contributed by atoms with E-state index in [4.69, 9.17) is 41.6 Å². The second-order valence-electron chi connectivity index (χ2n) is 24.3. The predicted molar refractivity (Wildman–Crippen MR) is 341 cm³/mol. The number of carbonyl (C=O) groups excluding carboxylic acids is 4. The molecule has 4 fully saturated rings. The lowest BCUT2D eigenvalue weighted by Crippen LogP contribution is -2.46. The highest BCUT2D eigenvalue weighted by Gasteiger charge is 2.53. The Morgan fingerprint density at radius 3 is 0.902 bits per heavy atom. The molecule has 4 aromatic rings. The van der Waals surface area contributed by atoms with E-state index in [1.165, 1.54) is 91.5 Å². The van der Waals surface area contributed by atoms with Crippen molar-refractivity contribution in [3.8, 4) is 0 Å². The fourth-order valence-corrected chi connectivity index (χ4v) is 13.8. The molecule has 8 heterocycles. The number of ketones is 4. The monoisotopic (exact) mass is 1530 g/mol. The number of Topliss-reactive ketones (excluding diaryl/α,β-unsaturated/α-hetero) is 4. The van der Waals surface area contributed by atoms with Gasteiger partial charge in [-0.25, -0.2) is 4.57 Å². The van der Waals surface area contributed by atoms with Crippen LogP contribution in [0.15, 0.2) is 98.1 Å². The van der Waals surface area contributed by atoms with Crippen LogP contribution in [0, 0.1) is 0 Å². The molecule has 0 bridgehead atoms. The molecule has 0 amide bonds. The normalized spacial score (nSPS) is 28.1. The van der Waals surface area contributed by atoms with Gasteiger partial charge in [0.25, 0.3) is 48.4 Å². The van der Waals surface area contributed by atoms with Gasteiger partial charge in [-0.1, -0.05) is 6.92 Å². The molecule has 8 rings (SSSR count). The van der Waals surface area contributed by atoms with Gasteiger partial charge in [0, 0.05) is 24.3 Å². The molecule has 0 aliphatic carbocycles. The van der Waals surface area contributed by atoms with Gasteiger partial charge in [-0.15, -0.1) is 0 Å². The van der Waals surface area contributed by atoms with Gasteiger partial charge in [-0.2, -0.15) is 18.3 Å². The molecular formula is C62H93N4O32P4+. The molecule has 8 N–H and O–H groups in total. The number of carbonyl (C=O) groups is 4. The molecule has 19 atom stereocenters. The van der Waals surface area contributed by atoms with Gasteiger partial charge in [0.05, 0.1) is 80.2 Å². The Morgan fingerprint density at radius 2 is 0.657 bits per heavy atom. The largest absolute Gasteiger partial charge is 0.756 e. The summed E-state index contributed by atoms with van der Waals surface area (Å²) in [5.41, 5.74) is 1.65. The standard InChI is InChI=1S/C18H29NO8P.2C15H22NO8P.C14H20NO8P/c1-11(2)26-28(23,27-12(3)4)24-10-15-16(21)17(22)18(25-15)19-8-6-7-14(9-19)13(5)20;1-9(2)24-25(20,21)22-8-12-13(18)14(19)15(23-12)16-6-4-5-11(7-16)10(3)17;1-3-7-22-25(20,21)23-9-12-13(18)14(19)15(24-12)16-6-4-5-11(8-16)10(2)17;1-3-21-24(19,20)22-8-11-12(17)13(18)14(23-11)15-6-4-5-10(7-15)9(2)16/h6-9,11-12,15-18,21-22H,10H2,1-5H3;4-7,9,12-15,18-19H,8H2,1-3H3;4-6,8,12-15,18-19H,3,7,9H2,1-2H3;4-7,11-14,17-18H,3,8H2,1-2H3/q+1;;;/t15-,16-,17-,18?;2*12-,13-,14-,15?;11-,12-,13-,14?/m1111/s1. The van der Waals surface area contributed by atoms with Crippen LogP contribution in [0.25, 0.3) is 0 Å². The number of aromatic nitrogens is 4. The lowest BCUT2D eigenvalue weighted by Gasteiger charge is -2.26. The van der Waals surface area contributed by atoms with E-state index in [-0.39, 0.29) is 43.0 Å². The van der Waals surface area contributed by atoms with Crippen LogP contribution >= 0.6 is 31.3 Å². The molecule has 7 unspecified atom stereocenters. The number of ether oxygens (including phenoxy) is 4. The average molecular weight is 1530 g/mol. The van der Waals surface area contributed by atoms with E-state index in [1.54, 1.807) is 108 Å². The van der Waals surface area contributed by atoms with Crippen LogP contribution in [0.2, 0.25) is 0 Å². The van der Waals surface area contributed by atoms with Crippen LogP contribution < -0.4 is 32.9 Å². The highest BCUT2D eigenvalue weighted by molar-refractivity contribution is 7.48. The maximum absolute atomic E-state index is 12.7. The molecule has 36 nitrogen and oxygen atoms in total. The summed E-state index contributed by atoms with van der Waals surface area (Å²) >= 11 is 0. The van der Waals surface area contributed by atoms with E-state index in [1.807, 2.05) is 0 Å². The average Bonchev–Trinajstić information content (AvgIpc) is 1.68. The Kier molecular flexibility index (Phi) is 34.2. The Labute approximate surface area is 589 Å². The minimum atomic E-state index is -4.53. The number of phosphoric ester groups is 4. The summed E-state index contributed by atoms with van der Waals surface area (Å²) in [5.74, 6) is -0.635. The first kappa shape index (κ1) is 87.9. The maximum Gasteiger partial charge on any atom is 0.475 e. The Balaban J connectivity index is 0.000000245. The molecular weight excluding hydrogens is 1440 g/mol. The van der Waals surface area contributed by atoms with E-state index >= 15 is 0 Å². The fourth-order valence-electron chi connectivity index (χ4n) is 9.88. The van der Waals surface area contributed by atoms with Gasteiger partial charge in [-0.3, -0.25) is 46.4 Å². The third-order valence-corrected chi connectivity index (χ3v) is 19.8. The summed E-state index contributed by atoms with van der Waals surface area (Å²) in [4.78, 5) is 80.4. The van der Waals surface area contributed by atoms with E-state index in [9.17, 15) is 93.0 Å². The molecule has 0 saturated carbocycles. The van der Waals surface area contributed by atoms with Crippen molar-refractivity contribution in [2.24, 2.45) is 0 Å². The summed E-state index contributed by atoms with van der Waals surface area (Å²) in [6.45, 7) is 16.8. The number of nitrogens with zero attached hydrogens (tertiary/aromatic N) is 4. The minimum Gasteiger partial charge on any atom is -0.756 e. The second-order valence-corrected chi connectivity index (χ2v) is 30.0. The Bertz CT molecular complexity index is 3580. The van der Waals surface area contributed by atoms with E-state index in [0.29, 0.717) is 28.7 Å². The van der Waals surface area contributed by atoms with Gasteiger partial charge in [-0.05, 0) is 107 Å². The second kappa shape index (κ2) is 39.7. The van der Waals surface area contributed by atoms with Gasteiger partial charge in [0.2, 0.25) is 0 Å². The van der Waals surface area contributed by atoms with E-state index in [0.717, 1.165) is 0 Å². The SMILES string of the molecule is CC(=O)c1ccc[n+](C2O[C@H](COP(=O)(OC(C)C)OC(C)C)[C@@H](O)[C@H]2O)c1.CC(=O)c1ccc[n+](C2O[C@H](COP(=O)([O-])OC(C)C)[C@@H](O)[C@H]2O)c1.CCCOP(=O)([O-])OC[C@H]1OC([n+]2cccc(C(C)=O)c2)[C@H](O)[C@@H]1O.CCOP(=O)([O-])OC[C@H]1OC([n+]2cccc(C(C)=O)c2)[C@H](O)[C@@H]1O. The van der Waals surface area contributed by atoms with E-state index in [2.05, 4.69) is 18.1 Å². The van der Waals surface area contributed by atoms with Crippen LogP contribution in [0.3, 0.4) is 0 Å². The van der Waals surface area contributed by atoms with Crippen LogP contribution in [0.1, 0.15) is 156 Å². The van der Waals surface area contributed by atoms with Crippen molar-refractivity contribution in [2.45, 2.75) is 206 Å². The highest BCUT2D eigenvalue weighted by atomic mass is 31.2. The zero-order valence-corrected chi connectivity index (χ0v) is 61.7. The molecule has 4 aliphatic heterocycles. The van der Waals surface area contributed by atoms with Gasteiger partial charge in [0.1, 0.15) is 48.8 Å². The zero-order chi connectivity index (χ0) is 76.4. The summed E-state index contributed by atoms with van der Waals surface area (Å²) in [6.07, 6.45) is -7.24. The Morgan fingerprint density at radius 1 is 0.402 bits per heavy atom. The third kappa shape index (κ3) is 26.3. The van der Waals surface area contributed by atoms with Crippen LogP contribution in [0.4, 0.5) is 0 Å². The van der Waals surface area contributed by atoms with Crippen molar-refractivity contribution >= 4 is 54.4 Å². The van der Waals surface area contributed by atoms with Crippen molar-refractivity contribution in [3.05, 3.63) is 120 Å². The van der Waals surface area contributed by atoms with E-state index < -0.39 is 168 Å². The van der Waals surface area contributed by atoms with Crippen LogP contribution in [0.5, 0.6) is 0 Å². The Hall–Kier alpha value is -4.76. The number of hydrogen-bond donors (Lipinski definition) is 8. The molecule has 4 aromatic heterocycles. The zero-order valence-electron chi connectivity index (χ0n) is 58.1. The number of hydrogen-bond acceptors (Lipinski definition) is 32. The molecule has 4 aliphatic rings. The van der Waals surface area contributed by atoms with Gasteiger partial charge >= 0.3 is 7.82 Å². The number of rotatable bonds is 31. The first-order chi connectivity index (χ1) is 47.6. The fraction of sp³-hybridized carbons (Fsp3) is 0.613. The lowest BCUT2D eigenvalue weighted by atomic mass is 10.1. The van der Waals surface area contributed by atoms with Crippen molar-refractivity contribution in [1.29, 1.82) is 0 Å². The quantitative estimate of drug-likeness (QED) is 0.0193. The van der Waals surface area contributed by atoms with Crippen molar-refractivity contribution in [2.75, 3.05) is 39.6 Å². The highest BCUT2D eigenvalue weighted by Crippen LogP contribution is 2.52. The molecule has 40 heteroatoms. The molecule has 4 saturated heterocycles. The molecule has 0 spiro atoms. The first-order valence-electron chi connectivity index (χ1n) is 32.2. The van der Waals surface area contributed by atoms with Crippen molar-refractivity contribution in [1.82, 2.24) is 0 Å². The van der Waals surface area contributed by atoms with Gasteiger partial charge < -0.3 is 102 Å². The minimum absolute atomic E-state index is 0.00616. The first-order valence-corrected chi connectivity index (χ1v) is 38.1. The van der Waals surface area contributed by atoms with Gasteiger partial charge in [0.15, 0.2) is 97.1 Å². The number of aliphatic hydroxyl groups is 8. The van der Waals surface area contributed by atoms with Crippen molar-refractivity contribution in [3.63, 3.8) is 0 Å². The smallest absolute Gasteiger partial charge is 0.475 e. The summed E-state index contributed by atoms with van der Waals surface area (Å²) in [7, 11) is -17.4. The van der Waals surface area contributed by atoms with Crippen LogP contribution in [-0.4, -0.2) is 195 Å². The predicted octanol–water partition coefficient (Wildman–Crippen LogP) is 0.501. The topological polar surface area (TPSA) is 503 Å². The number of pyridine rings is 4. The number of aliphatic hydroxyl groups excluding tert-OH is 8. The lowest BCUT2D eigenvalue weighted by molar-refractivity contribution is -0.766. The van der Waals surface area contributed by atoms with Crippen LogP contribution in [-0.2, 0) is 77.9 Å². The summed E-state index contributed by atoms with van der Waals surface area (Å²) in [5, 5.41) is 81.3. The molecule has 0 aromatic carbocycles. The van der Waals surface area contributed by atoms with Crippen molar-refractivity contribution < 1.29 is 171 Å². The summed E-state index contributed by atoms with van der Waals surface area (Å²) in [6, 6.07) is 12.9. The number of phosphoric acid groups is 4. The molecule has 102 heavy (non-hydrogen) atoms. The molecule has 572 valence electrons.